The highest BCUT2D eigenvalue weighted by atomic mass is 32.2. The number of halogens is 6. The van der Waals surface area contributed by atoms with E-state index in [-0.39, 0.29) is 35.9 Å². The molecule has 4 rings (SSSR count). The largest absolute Gasteiger partial charge is 0.451 e. The van der Waals surface area contributed by atoms with Crippen molar-refractivity contribution >= 4 is 15.9 Å². The van der Waals surface area contributed by atoms with Crippen LogP contribution in [0.25, 0.3) is 0 Å². The van der Waals surface area contributed by atoms with Crippen LogP contribution in [0.3, 0.4) is 0 Å². The second kappa shape index (κ2) is 10.1. The lowest BCUT2D eigenvalue weighted by molar-refractivity contribution is -0.148. The fraction of sp³-hybridized carbons (Fsp3) is 0.318. The van der Waals surface area contributed by atoms with E-state index in [2.05, 4.69) is 14.9 Å². The highest BCUT2D eigenvalue weighted by molar-refractivity contribution is 7.89. The number of aromatic nitrogens is 3. The average molecular weight is 547 g/mol. The molecule has 37 heavy (non-hydrogen) atoms. The van der Waals surface area contributed by atoms with Crippen LogP contribution in [0.2, 0.25) is 0 Å². The summed E-state index contributed by atoms with van der Waals surface area (Å²) in [7, 11) is -4.21. The summed E-state index contributed by atoms with van der Waals surface area (Å²) < 4.78 is 110. The Balaban J connectivity index is 1.56. The summed E-state index contributed by atoms with van der Waals surface area (Å²) in [5, 5.41) is 6.63. The second-order valence-electron chi connectivity index (χ2n) is 8.30. The Bertz CT molecular complexity index is 1410. The lowest BCUT2D eigenvalue weighted by Crippen LogP contribution is -2.44. The molecule has 1 amide bonds. The van der Waals surface area contributed by atoms with E-state index in [1.807, 2.05) is 0 Å². The molecule has 1 aliphatic rings. The number of alkyl halides is 3. The van der Waals surface area contributed by atoms with Gasteiger partial charge in [0.1, 0.15) is 5.82 Å². The number of fused-ring (bicyclic) bond motifs is 1. The highest BCUT2D eigenvalue weighted by Crippen LogP contribution is 2.29. The summed E-state index contributed by atoms with van der Waals surface area (Å²) >= 11 is 0. The molecular formula is C22H19F6N5O3S. The van der Waals surface area contributed by atoms with Gasteiger partial charge in [0.15, 0.2) is 17.5 Å². The van der Waals surface area contributed by atoms with Crippen molar-refractivity contribution in [3.05, 3.63) is 77.1 Å². The van der Waals surface area contributed by atoms with Gasteiger partial charge in [-0.3, -0.25) is 4.79 Å². The first-order valence-corrected chi connectivity index (χ1v) is 12.3. The molecule has 2 heterocycles. The summed E-state index contributed by atoms with van der Waals surface area (Å²) in [5.41, 5.74) is -0.374. The lowest BCUT2D eigenvalue weighted by Gasteiger charge is -2.29. The number of benzene rings is 2. The van der Waals surface area contributed by atoms with Crippen molar-refractivity contribution in [3.8, 4) is 0 Å². The highest BCUT2D eigenvalue weighted by Gasteiger charge is 2.40. The smallest absolute Gasteiger partial charge is 0.333 e. The van der Waals surface area contributed by atoms with Crippen LogP contribution in [0, 0.1) is 17.5 Å². The van der Waals surface area contributed by atoms with Gasteiger partial charge in [0.25, 0.3) is 0 Å². The van der Waals surface area contributed by atoms with Crippen molar-refractivity contribution in [2.24, 2.45) is 0 Å². The molecule has 0 fully saturated rings. The maximum absolute atomic E-state index is 14.3. The third-order valence-electron chi connectivity index (χ3n) is 5.71. The topological polar surface area (TPSA) is 97.2 Å². The van der Waals surface area contributed by atoms with Gasteiger partial charge in [0.05, 0.1) is 11.4 Å². The molecule has 1 N–H and O–H groups in total. The van der Waals surface area contributed by atoms with Crippen LogP contribution in [0.1, 0.15) is 23.6 Å². The number of amides is 1. The first-order chi connectivity index (χ1) is 17.3. The minimum absolute atomic E-state index is 0.111. The summed E-state index contributed by atoms with van der Waals surface area (Å²) in [5.74, 6) is -5.91. The first kappa shape index (κ1) is 26.6. The number of nitrogens with one attached hydrogen (secondary N) is 1. The monoisotopic (exact) mass is 547 g/mol. The second-order valence-corrected chi connectivity index (χ2v) is 10.0. The predicted molar refractivity (Wildman–Crippen MR) is 116 cm³/mol. The van der Waals surface area contributed by atoms with E-state index in [0.717, 1.165) is 9.47 Å². The summed E-state index contributed by atoms with van der Waals surface area (Å²) in [6.07, 6.45) is -5.79. The molecule has 0 saturated carbocycles. The van der Waals surface area contributed by atoms with Gasteiger partial charge in [0.2, 0.25) is 21.8 Å². The third kappa shape index (κ3) is 5.93. The van der Waals surface area contributed by atoms with Gasteiger partial charge in [-0.05, 0) is 30.2 Å². The molecule has 3 aromatic rings. The molecule has 2 aromatic carbocycles. The molecule has 0 saturated heterocycles. The molecular weight excluding hydrogens is 528 g/mol. The predicted octanol–water partition coefficient (Wildman–Crippen LogP) is 3.04. The number of carbonyl (C=O) groups excluding carboxylic acids is 1. The first-order valence-electron chi connectivity index (χ1n) is 10.8. The van der Waals surface area contributed by atoms with E-state index in [9.17, 15) is 39.6 Å². The third-order valence-corrected chi connectivity index (χ3v) is 7.25. The number of carbonyl (C=O) groups is 1. The Morgan fingerprint density at radius 1 is 1.00 bits per heavy atom. The molecule has 198 valence electrons. The summed E-state index contributed by atoms with van der Waals surface area (Å²) in [4.78, 5) is 14.0. The zero-order valence-electron chi connectivity index (χ0n) is 18.8. The van der Waals surface area contributed by atoms with E-state index in [4.69, 9.17) is 0 Å². The molecule has 0 bridgehead atoms. The maximum Gasteiger partial charge on any atom is 0.451 e. The van der Waals surface area contributed by atoms with Crippen molar-refractivity contribution in [1.29, 1.82) is 0 Å². The average Bonchev–Trinajstić information content (AvgIpc) is 3.27. The Morgan fingerprint density at radius 2 is 1.68 bits per heavy atom. The van der Waals surface area contributed by atoms with Crippen LogP contribution in [-0.4, -0.2) is 46.6 Å². The maximum atomic E-state index is 14.3. The minimum Gasteiger partial charge on any atom is -0.333 e. The van der Waals surface area contributed by atoms with Gasteiger partial charge in [-0.25, -0.2) is 26.3 Å². The Morgan fingerprint density at radius 3 is 2.35 bits per heavy atom. The van der Waals surface area contributed by atoms with Crippen LogP contribution >= 0.6 is 0 Å². The fourth-order valence-electron chi connectivity index (χ4n) is 3.95. The van der Waals surface area contributed by atoms with E-state index >= 15 is 0 Å². The van der Waals surface area contributed by atoms with Gasteiger partial charge in [-0.2, -0.15) is 13.2 Å². The normalized spacial score (nSPS) is 14.9. The minimum atomic E-state index is -4.73. The number of hydrogen-bond donors (Lipinski definition) is 1. The van der Waals surface area contributed by atoms with Crippen LogP contribution < -0.4 is 4.72 Å². The summed E-state index contributed by atoms with van der Waals surface area (Å²) in [6, 6.07) is 6.65. The van der Waals surface area contributed by atoms with Crippen LogP contribution in [0.5, 0.6) is 0 Å². The van der Waals surface area contributed by atoms with Crippen LogP contribution in [0.4, 0.5) is 26.3 Å². The molecule has 1 aromatic heterocycles. The molecule has 1 unspecified atom stereocenters. The van der Waals surface area contributed by atoms with Crippen molar-refractivity contribution in [3.63, 3.8) is 0 Å². The molecule has 15 heteroatoms. The van der Waals surface area contributed by atoms with Gasteiger partial charge in [0, 0.05) is 31.6 Å². The fourth-order valence-corrected chi connectivity index (χ4v) is 5.21. The molecule has 8 nitrogen and oxygen atoms in total. The summed E-state index contributed by atoms with van der Waals surface area (Å²) in [6.45, 7) is -0.717. The Hall–Kier alpha value is -3.46. The van der Waals surface area contributed by atoms with Crippen molar-refractivity contribution in [2.75, 3.05) is 6.54 Å². The van der Waals surface area contributed by atoms with Gasteiger partial charge >= 0.3 is 6.18 Å². The van der Waals surface area contributed by atoms with Crippen LogP contribution in [0.15, 0.2) is 47.4 Å². The van der Waals surface area contributed by atoms with E-state index < -0.39 is 64.3 Å². The van der Waals surface area contributed by atoms with Crippen molar-refractivity contribution in [1.82, 2.24) is 24.4 Å². The SMILES string of the molecule is O=C(CC(Cc1cc(F)c(F)cc1F)NS(=O)(=O)c1ccccc1)N1CCn2c(nnc2C(F)(F)F)C1. The van der Waals surface area contributed by atoms with Gasteiger partial charge in [-0.1, -0.05) is 18.2 Å². The zero-order chi connectivity index (χ0) is 27.0. The van der Waals surface area contributed by atoms with Gasteiger partial charge in [-0.15, -0.1) is 10.2 Å². The molecule has 1 atom stereocenters. The quantitative estimate of drug-likeness (QED) is 0.363. The zero-order valence-corrected chi connectivity index (χ0v) is 19.7. The Kier molecular flexibility index (Phi) is 7.28. The molecule has 0 aliphatic carbocycles. The van der Waals surface area contributed by atoms with E-state index in [0.29, 0.717) is 12.1 Å². The number of hydrogen-bond acceptors (Lipinski definition) is 5. The molecule has 0 spiro atoms. The number of nitrogens with zero attached hydrogens (tertiary/aromatic N) is 4. The molecule has 1 aliphatic heterocycles. The Labute approximate surface area is 207 Å². The standard InChI is InChI=1S/C22H19F6N5O3S/c23-16-11-18(25)17(24)9-13(16)8-14(31-37(35,36)15-4-2-1-3-5-15)10-20(34)32-6-7-33-19(12-32)29-30-21(33)22(26,27)28/h1-5,9,11,14,31H,6-8,10,12H2. The lowest BCUT2D eigenvalue weighted by atomic mass is 10.0. The van der Waals surface area contributed by atoms with Crippen LogP contribution in [-0.2, 0) is 40.5 Å². The van der Waals surface area contributed by atoms with Crippen molar-refractivity contribution < 1.29 is 39.6 Å². The number of rotatable bonds is 7. The molecule has 0 radical (unpaired) electrons. The van der Waals surface area contributed by atoms with Gasteiger partial charge < -0.3 is 9.47 Å². The van der Waals surface area contributed by atoms with E-state index in [1.165, 1.54) is 24.3 Å². The van der Waals surface area contributed by atoms with E-state index in [1.54, 1.807) is 6.07 Å². The number of sulfonamides is 1. The van der Waals surface area contributed by atoms with Crippen molar-refractivity contribution in [2.45, 2.75) is 43.0 Å².